The number of benzene rings is 2. The molecule has 0 N–H and O–H groups in total. The molecule has 148 valence electrons. The summed E-state index contributed by atoms with van der Waals surface area (Å²) in [5, 5.41) is 0.787. The van der Waals surface area contributed by atoms with Gasteiger partial charge >= 0.3 is 0 Å². The van der Waals surface area contributed by atoms with Crippen LogP contribution in [0.2, 0.25) is 5.02 Å². The molecule has 2 aromatic carbocycles. The van der Waals surface area contributed by atoms with E-state index in [4.69, 9.17) is 11.6 Å². The Morgan fingerprint density at radius 2 is 1.46 bits per heavy atom. The van der Waals surface area contributed by atoms with Crippen LogP contribution in [-0.2, 0) is 0 Å². The normalized spacial score (nSPS) is 20.1. The van der Waals surface area contributed by atoms with Crippen LogP contribution in [0.4, 0.5) is 11.4 Å². The van der Waals surface area contributed by atoms with Crippen LogP contribution >= 0.6 is 11.6 Å². The van der Waals surface area contributed by atoms with Crippen LogP contribution in [0.25, 0.3) is 6.08 Å². The van der Waals surface area contributed by atoms with Crippen LogP contribution in [0.15, 0.2) is 54.2 Å². The predicted molar refractivity (Wildman–Crippen MR) is 120 cm³/mol. The Balaban J connectivity index is 1.58. The lowest BCUT2D eigenvalue weighted by Crippen LogP contribution is -2.45. The molecule has 0 aliphatic carbocycles. The molecule has 2 saturated heterocycles. The van der Waals surface area contributed by atoms with Crippen LogP contribution in [0, 0.1) is 0 Å². The van der Waals surface area contributed by atoms with E-state index in [-0.39, 0.29) is 0 Å². The summed E-state index contributed by atoms with van der Waals surface area (Å²) in [6, 6.07) is 17.0. The first-order valence-corrected chi connectivity index (χ1v) is 10.4. The molecule has 0 bridgehead atoms. The van der Waals surface area contributed by atoms with Gasteiger partial charge in [-0.05, 0) is 49.0 Å². The fraction of sp³-hybridized carbons (Fsp3) is 0.391. The van der Waals surface area contributed by atoms with E-state index in [9.17, 15) is 0 Å². The second-order valence-corrected chi connectivity index (χ2v) is 8.24. The smallest absolute Gasteiger partial charge is 0.0579 e. The van der Waals surface area contributed by atoms with E-state index in [0.717, 1.165) is 50.8 Å². The molecule has 2 aliphatic heterocycles. The zero-order chi connectivity index (χ0) is 19.5. The number of hydrogen-bond donors (Lipinski definition) is 0. The van der Waals surface area contributed by atoms with Gasteiger partial charge in [0.15, 0.2) is 0 Å². The number of likely N-dealkylation sites (N-methyl/N-ethyl adjacent to an activating group) is 2. The van der Waals surface area contributed by atoms with Crippen LogP contribution in [-0.4, -0.2) is 69.7 Å². The van der Waals surface area contributed by atoms with Gasteiger partial charge in [-0.25, -0.2) is 0 Å². The Morgan fingerprint density at radius 1 is 0.786 bits per heavy atom. The molecule has 28 heavy (non-hydrogen) atoms. The Labute approximate surface area is 173 Å². The average Bonchev–Trinajstić information content (AvgIpc) is 2.71. The Hall–Kier alpha value is -2.17. The summed E-state index contributed by atoms with van der Waals surface area (Å²) in [7, 11) is 4.40. The number of piperazine rings is 2. The lowest BCUT2D eigenvalue weighted by molar-refractivity contribution is 0.313. The van der Waals surface area contributed by atoms with Crippen LogP contribution in [0.1, 0.15) is 5.56 Å². The van der Waals surface area contributed by atoms with Gasteiger partial charge in [-0.15, -0.1) is 0 Å². The monoisotopic (exact) mass is 396 g/mol. The third kappa shape index (κ3) is 4.29. The molecule has 0 unspecified atom stereocenters. The molecule has 0 amide bonds. The molecular weight excluding hydrogens is 368 g/mol. The molecule has 0 spiro atoms. The van der Waals surface area contributed by atoms with Crippen LogP contribution < -0.4 is 9.80 Å². The van der Waals surface area contributed by atoms with Crippen LogP contribution in [0.3, 0.4) is 0 Å². The number of halogens is 1. The molecule has 0 aromatic heterocycles. The second kappa shape index (κ2) is 8.46. The number of hydrogen-bond acceptors (Lipinski definition) is 4. The van der Waals surface area contributed by atoms with Crippen LogP contribution in [0.5, 0.6) is 0 Å². The Kier molecular flexibility index (Phi) is 5.79. The van der Waals surface area contributed by atoms with Gasteiger partial charge in [0.1, 0.15) is 0 Å². The van der Waals surface area contributed by atoms with E-state index in [1.807, 2.05) is 12.1 Å². The van der Waals surface area contributed by atoms with Crippen molar-refractivity contribution in [3.8, 4) is 0 Å². The van der Waals surface area contributed by atoms with E-state index in [2.05, 4.69) is 76.2 Å². The fourth-order valence-electron chi connectivity index (χ4n) is 3.96. The highest BCUT2D eigenvalue weighted by molar-refractivity contribution is 6.30. The summed E-state index contributed by atoms with van der Waals surface area (Å²) < 4.78 is 0. The van der Waals surface area contributed by atoms with Crippen molar-refractivity contribution in [3.63, 3.8) is 0 Å². The maximum atomic E-state index is 6.06. The van der Waals surface area contributed by atoms with Crippen molar-refractivity contribution < 1.29 is 0 Å². The second-order valence-electron chi connectivity index (χ2n) is 7.80. The lowest BCUT2D eigenvalue weighted by Gasteiger charge is -2.38. The SMILES string of the molecule is CN1CCN(c2ccccc2C=C2CN(c3ccc(Cl)cc3)CCN2C)CC1. The van der Waals surface area contributed by atoms with E-state index >= 15 is 0 Å². The van der Waals surface area contributed by atoms with Crippen molar-refractivity contribution in [2.75, 3.05) is 69.7 Å². The molecule has 5 heteroatoms. The largest absolute Gasteiger partial charge is 0.375 e. The highest BCUT2D eigenvalue weighted by atomic mass is 35.5. The first-order chi connectivity index (χ1) is 13.6. The molecule has 2 aromatic rings. The molecule has 4 rings (SSSR count). The molecule has 4 nitrogen and oxygen atoms in total. The molecule has 2 aliphatic rings. The minimum atomic E-state index is 0.787. The van der Waals surface area contributed by atoms with Gasteiger partial charge in [-0.2, -0.15) is 0 Å². The van der Waals surface area contributed by atoms with Crippen molar-refractivity contribution in [2.24, 2.45) is 0 Å². The summed E-state index contributed by atoms with van der Waals surface area (Å²) in [4.78, 5) is 9.73. The van der Waals surface area contributed by atoms with Gasteiger partial charge in [-0.3, -0.25) is 0 Å². The zero-order valence-electron chi connectivity index (χ0n) is 16.8. The van der Waals surface area contributed by atoms with Crippen molar-refractivity contribution in [2.45, 2.75) is 0 Å². The standard InChI is InChI=1S/C23H29ClN4/c1-25-11-14-27(15-12-25)23-6-4-3-5-19(23)17-22-18-28(16-13-26(22)2)21-9-7-20(24)8-10-21/h3-10,17H,11-16,18H2,1-2H3. The van der Waals surface area contributed by atoms with Crippen molar-refractivity contribution in [1.82, 2.24) is 9.80 Å². The maximum absolute atomic E-state index is 6.06. The molecule has 0 atom stereocenters. The highest BCUT2D eigenvalue weighted by Gasteiger charge is 2.20. The van der Waals surface area contributed by atoms with Crippen molar-refractivity contribution >= 4 is 29.1 Å². The van der Waals surface area contributed by atoms with Gasteiger partial charge in [-0.1, -0.05) is 29.8 Å². The molecule has 2 fully saturated rings. The molecule has 0 radical (unpaired) electrons. The molecule has 2 heterocycles. The van der Waals surface area contributed by atoms with Crippen molar-refractivity contribution in [3.05, 3.63) is 64.8 Å². The Morgan fingerprint density at radius 3 is 2.21 bits per heavy atom. The first kappa shape index (κ1) is 19.2. The summed E-state index contributed by atoms with van der Waals surface area (Å²) in [5.41, 5.74) is 5.24. The topological polar surface area (TPSA) is 13.0 Å². The summed E-state index contributed by atoms with van der Waals surface area (Å²) in [5.74, 6) is 0. The maximum Gasteiger partial charge on any atom is 0.0579 e. The van der Waals surface area contributed by atoms with E-state index < -0.39 is 0 Å². The summed E-state index contributed by atoms with van der Waals surface area (Å²) >= 11 is 6.06. The van der Waals surface area contributed by atoms with E-state index in [1.165, 1.54) is 22.6 Å². The highest BCUT2D eigenvalue weighted by Crippen LogP contribution is 2.27. The molecular formula is C23H29ClN4. The predicted octanol–water partition coefficient (Wildman–Crippen LogP) is 3.88. The lowest BCUT2D eigenvalue weighted by atomic mass is 10.1. The third-order valence-corrected chi connectivity index (χ3v) is 6.10. The summed E-state index contributed by atoms with van der Waals surface area (Å²) in [6.07, 6.45) is 2.37. The van der Waals surface area contributed by atoms with Gasteiger partial charge in [0.05, 0.1) is 6.54 Å². The molecule has 0 saturated carbocycles. The first-order valence-electron chi connectivity index (χ1n) is 10.0. The van der Waals surface area contributed by atoms with E-state index in [0.29, 0.717) is 0 Å². The van der Waals surface area contributed by atoms with Gasteiger partial charge < -0.3 is 19.6 Å². The number of nitrogens with zero attached hydrogens (tertiary/aromatic N) is 4. The Bertz CT molecular complexity index is 825. The number of para-hydroxylation sites is 1. The minimum absolute atomic E-state index is 0.787. The minimum Gasteiger partial charge on any atom is -0.375 e. The fourth-order valence-corrected chi connectivity index (χ4v) is 4.09. The van der Waals surface area contributed by atoms with Gasteiger partial charge in [0.25, 0.3) is 0 Å². The van der Waals surface area contributed by atoms with E-state index in [1.54, 1.807) is 0 Å². The quantitative estimate of drug-likeness (QED) is 0.780. The summed E-state index contributed by atoms with van der Waals surface area (Å²) in [6.45, 7) is 7.37. The number of anilines is 2. The number of rotatable bonds is 3. The van der Waals surface area contributed by atoms with Gasteiger partial charge in [0, 0.05) is 68.4 Å². The third-order valence-electron chi connectivity index (χ3n) is 5.84. The van der Waals surface area contributed by atoms with Crippen molar-refractivity contribution in [1.29, 1.82) is 0 Å². The zero-order valence-corrected chi connectivity index (χ0v) is 17.6. The van der Waals surface area contributed by atoms with Gasteiger partial charge in [0.2, 0.25) is 0 Å². The average molecular weight is 397 g/mol.